The molecule has 5 nitrogen and oxygen atoms in total. The molecule has 1 aromatic rings. The molecule has 6 heteroatoms. The van der Waals surface area contributed by atoms with E-state index in [0.717, 1.165) is 19.3 Å². The van der Waals surface area contributed by atoms with Crippen LogP contribution < -0.4 is 10.5 Å². The molecule has 0 heterocycles. The smallest absolute Gasteiger partial charge is 0.216 e. The summed E-state index contributed by atoms with van der Waals surface area (Å²) in [7, 11) is 1.56. The maximum atomic E-state index is 13.8. The van der Waals surface area contributed by atoms with E-state index >= 15 is 0 Å². The lowest BCUT2D eigenvalue weighted by atomic mass is 9.80. The molecule has 0 aromatic heterocycles. The SMILES string of the molecule is CN(C=O)C(N)=NC(C)(COc1ccccc1F)CC1CCCCC1. The van der Waals surface area contributed by atoms with Crippen LogP contribution in [0.5, 0.6) is 5.75 Å². The van der Waals surface area contributed by atoms with Gasteiger partial charge in [0.2, 0.25) is 6.41 Å². The molecular formula is C19H28FN3O2. The van der Waals surface area contributed by atoms with Gasteiger partial charge in [-0.25, -0.2) is 9.38 Å². The van der Waals surface area contributed by atoms with Crippen LogP contribution in [0.15, 0.2) is 29.3 Å². The molecule has 0 saturated heterocycles. The summed E-state index contributed by atoms with van der Waals surface area (Å²) in [6.07, 6.45) is 7.47. The zero-order chi connectivity index (χ0) is 18.3. The van der Waals surface area contributed by atoms with Crippen molar-refractivity contribution in [2.45, 2.75) is 51.0 Å². The number of halogens is 1. The topological polar surface area (TPSA) is 67.9 Å². The van der Waals surface area contributed by atoms with Gasteiger partial charge in [-0.15, -0.1) is 0 Å². The summed E-state index contributed by atoms with van der Waals surface area (Å²) >= 11 is 0. The van der Waals surface area contributed by atoms with Crippen molar-refractivity contribution in [3.05, 3.63) is 30.1 Å². The van der Waals surface area contributed by atoms with E-state index in [-0.39, 0.29) is 18.3 Å². The van der Waals surface area contributed by atoms with Crippen molar-refractivity contribution in [2.24, 2.45) is 16.6 Å². The predicted molar refractivity (Wildman–Crippen MR) is 96.9 cm³/mol. The van der Waals surface area contributed by atoms with E-state index in [1.165, 1.54) is 30.2 Å². The first-order valence-electron chi connectivity index (χ1n) is 8.84. The zero-order valence-electron chi connectivity index (χ0n) is 15.1. The lowest BCUT2D eigenvalue weighted by Crippen LogP contribution is -2.41. The van der Waals surface area contributed by atoms with E-state index < -0.39 is 11.4 Å². The second-order valence-corrected chi connectivity index (χ2v) is 7.11. The standard InChI is InChI=1S/C19H28FN3O2/c1-19(22-18(21)23(2)14-24,12-15-8-4-3-5-9-15)13-25-17-11-7-6-10-16(17)20/h6-7,10-11,14-15H,3-5,8-9,12-13H2,1-2H3,(H2,21,22). The molecular weight excluding hydrogens is 321 g/mol. The van der Waals surface area contributed by atoms with E-state index in [1.807, 2.05) is 6.92 Å². The normalized spacial score (nSPS) is 18.4. The fraction of sp³-hybridized carbons (Fsp3) is 0.579. The largest absolute Gasteiger partial charge is 0.488 e. The van der Waals surface area contributed by atoms with Crippen LogP contribution in [0.4, 0.5) is 4.39 Å². The quantitative estimate of drug-likeness (QED) is 0.466. The first kappa shape index (κ1) is 19.2. The van der Waals surface area contributed by atoms with Gasteiger partial charge in [0.15, 0.2) is 17.5 Å². The molecule has 1 aliphatic rings. The predicted octanol–water partition coefficient (Wildman–Crippen LogP) is 3.34. The third-order valence-electron chi connectivity index (χ3n) is 4.73. The second-order valence-electron chi connectivity index (χ2n) is 7.11. The van der Waals surface area contributed by atoms with Gasteiger partial charge >= 0.3 is 0 Å². The molecule has 1 unspecified atom stereocenters. The molecule has 1 fully saturated rings. The van der Waals surface area contributed by atoms with Crippen molar-refractivity contribution >= 4 is 12.4 Å². The molecule has 0 aliphatic heterocycles. The highest BCUT2D eigenvalue weighted by Gasteiger charge is 2.31. The van der Waals surface area contributed by atoms with Gasteiger partial charge in [0.1, 0.15) is 6.61 Å². The third-order valence-corrected chi connectivity index (χ3v) is 4.73. The highest BCUT2D eigenvalue weighted by molar-refractivity contribution is 5.87. The van der Waals surface area contributed by atoms with Crippen LogP contribution in [0, 0.1) is 11.7 Å². The summed E-state index contributed by atoms with van der Waals surface area (Å²) in [6.45, 7) is 2.16. The molecule has 1 amide bonds. The van der Waals surface area contributed by atoms with Crippen LogP contribution in [-0.2, 0) is 4.79 Å². The Labute approximate surface area is 149 Å². The minimum atomic E-state index is -0.619. The van der Waals surface area contributed by atoms with E-state index in [4.69, 9.17) is 10.5 Å². The van der Waals surface area contributed by atoms with Gasteiger partial charge in [-0.3, -0.25) is 9.69 Å². The fourth-order valence-corrected chi connectivity index (χ4v) is 3.35. The number of benzene rings is 1. The maximum Gasteiger partial charge on any atom is 0.216 e. The number of nitrogens with zero attached hydrogens (tertiary/aromatic N) is 2. The van der Waals surface area contributed by atoms with Gasteiger partial charge in [-0.2, -0.15) is 0 Å². The monoisotopic (exact) mass is 349 g/mol. The Bertz CT molecular complexity index is 602. The number of hydrogen-bond donors (Lipinski definition) is 1. The first-order chi connectivity index (χ1) is 11.9. The number of ether oxygens (including phenoxy) is 1. The zero-order valence-corrected chi connectivity index (χ0v) is 15.1. The van der Waals surface area contributed by atoms with Gasteiger partial charge in [0.05, 0.1) is 5.54 Å². The van der Waals surface area contributed by atoms with Gasteiger partial charge in [-0.1, -0.05) is 44.2 Å². The van der Waals surface area contributed by atoms with Crippen molar-refractivity contribution in [2.75, 3.05) is 13.7 Å². The second kappa shape index (κ2) is 8.83. The number of nitrogens with two attached hydrogens (primary N) is 1. The molecule has 2 N–H and O–H groups in total. The number of carbonyl (C=O) groups excluding carboxylic acids is 1. The number of para-hydroxylation sites is 1. The number of guanidine groups is 1. The average molecular weight is 349 g/mol. The molecule has 1 saturated carbocycles. The third kappa shape index (κ3) is 5.73. The van der Waals surface area contributed by atoms with Crippen LogP contribution in [0.25, 0.3) is 0 Å². The molecule has 0 radical (unpaired) electrons. The Morgan fingerprint density at radius 2 is 2.08 bits per heavy atom. The summed E-state index contributed by atoms with van der Waals surface area (Å²) < 4.78 is 19.5. The van der Waals surface area contributed by atoms with Crippen molar-refractivity contribution in [3.8, 4) is 5.75 Å². The van der Waals surface area contributed by atoms with E-state index in [2.05, 4.69) is 4.99 Å². The summed E-state index contributed by atoms with van der Waals surface area (Å²) in [5, 5.41) is 0. The minimum Gasteiger partial charge on any atom is -0.488 e. The van der Waals surface area contributed by atoms with Crippen molar-refractivity contribution in [1.82, 2.24) is 4.90 Å². The Hall–Kier alpha value is -2.11. The number of rotatable bonds is 7. The van der Waals surface area contributed by atoms with Crippen LogP contribution in [0.3, 0.4) is 0 Å². The minimum absolute atomic E-state index is 0.144. The van der Waals surface area contributed by atoms with E-state index in [0.29, 0.717) is 12.3 Å². The van der Waals surface area contributed by atoms with Gasteiger partial charge in [0, 0.05) is 7.05 Å². The lowest BCUT2D eigenvalue weighted by molar-refractivity contribution is -0.114. The van der Waals surface area contributed by atoms with Gasteiger partial charge < -0.3 is 10.5 Å². The lowest BCUT2D eigenvalue weighted by Gasteiger charge is -2.32. The molecule has 2 rings (SSSR count). The molecule has 0 spiro atoms. The van der Waals surface area contributed by atoms with Crippen LogP contribution in [-0.4, -0.2) is 36.5 Å². The maximum absolute atomic E-state index is 13.8. The Morgan fingerprint density at radius 3 is 2.72 bits per heavy atom. The summed E-state index contributed by atoms with van der Waals surface area (Å²) in [6, 6.07) is 6.32. The Balaban J connectivity index is 2.15. The molecule has 1 atom stereocenters. The van der Waals surface area contributed by atoms with E-state index in [9.17, 15) is 9.18 Å². The average Bonchev–Trinajstić information content (AvgIpc) is 2.61. The van der Waals surface area contributed by atoms with Crippen molar-refractivity contribution < 1.29 is 13.9 Å². The van der Waals surface area contributed by atoms with Crippen LogP contribution in [0.1, 0.15) is 45.4 Å². The van der Waals surface area contributed by atoms with Crippen molar-refractivity contribution in [1.29, 1.82) is 0 Å². The number of hydrogen-bond acceptors (Lipinski definition) is 3. The Kier molecular flexibility index (Phi) is 6.79. The number of aliphatic imine (C=N–C) groups is 1. The molecule has 1 aromatic carbocycles. The van der Waals surface area contributed by atoms with E-state index in [1.54, 1.807) is 25.2 Å². The number of amides is 1. The highest BCUT2D eigenvalue weighted by atomic mass is 19.1. The summed E-state index contributed by atoms with van der Waals surface area (Å²) in [4.78, 5) is 16.7. The molecule has 138 valence electrons. The van der Waals surface area contributed by atoms with Crippen LogP contribution >= 0.6 is 0 Å². The molecule has 25 heavy (non-hydrogen) atoms. The Morgan fingerprint density at radius 1 is 1.40 bits per heavy atom. The first-order valence-corrected chi connectivity index (χ1v) is 8.84. The molecule has 1 aliphatic carbocycles. The molecule has 0 bridgehead atoms. The van der Waals surface area contributed by atoms with Crippen LogP contribution in [0.2, 0.25) is 0 Å². The van der Waals surface area contributed by atoms with Gasteiger partial charge in [-0.05, 0) is 31.4 Å². The van der Waals surface area contributed by atoms with Crippen molar-refractivity contribution in [3.63, 3.8) is 0 Å². The highest BCUT2D eigenvalue weighted by Crippen LogP contribution is 2.33. The summed E-state index contributed by atoms with van der Waals surface area (Å²) in [5.41, 5.74) is 5.31. The summed E-state index contributed by atoms with van der Waals surface area (Å²) in [5.74, 6) is 0.492. The fourth-order valence-electron chi connectivity index (χ4n) is 3.35. The van der Waals surface area contributed by atoms with Gasteiger partial charge in [0.25, 0.3) is 0 Å². The number of carbonyl (C=O) groups is 1.